The maximum absolute atomic E-state index is 13.3. The number of anilines is 3. The molecular weight excluding hydrogens is 699 g/mol. The predicted molar refractivity (Wildman–Crippen MR) is 204 cm³/mol. The van der Waals surface area contributed by atoms with E-state index >= 15 is 0 Å². The number of carbonyl (C=O) groups is 4. The molecule has 1 aromatic heterocycles. The van der Waals surface area contributed by atoms with Gasteiger partial charge in [-0.1, -0.05) is 18.2 Å². The monoisotopic (exact) mass is 739 g/mol. The van der Waals surface area contributed by atoms with Crippen molar-refractivity contribution in [2.24, 2.45) is 5.41 Å². The lowest BCUT2D eigenvalue weighted by molar-refractivity contribution is -0.136. The number of hydrogen-bond acceptors (Lipinski definition) is 12. The number of para-hydroxylation sites is 1. The van der Waals surface area contributed by atoms with Crippen molar-refractivity contribution >= 4 is 46.7 Å². The van der Waals surface area contributed by atoms with Gasteiger partial charge < -0.3 is 20.7 Å². The van der Waals surface area contributed by atoms with Crippen LogP contribution in [0.15, 0.2) is 79.1 Å². The zero-order valence-electron chi connectivity index (χ0n) is 30.2. The molecule has 280 valence electrons. The molecule has 5 N–H and O–H groups in total. The fraction of sp³-hybridized carbons (Fsp3) is 0.341. The Morgan fingerprint density at radius 3 is 2.31 bits per heavy atom. The van der Waals surface area contributed by atoms with E-state index in [0.717, 1.165) is 68.2 Å². The summed E-state index contributed by atoms with van der Waals surface area (Å²) >= 11 is 0. The second-order valence-corrected chi connectivity index (χ2v) is 15.4. The molecule has 4 aromatic rings. The first kappa shape index (κ1) is 34.6. The Kier molecular flexibility index (Phi) is 8.56. The highest BCUT2D eigenvalue weighted by Gasteiger charge is 2.50. The number of amides is 4. The number of nitrogens with zero attached hydrogens (tertiary/aromatic N) is 5. The lowest BCUT2D eigenvalue weighted by atomic mass is 9.66. The first-order valence-corrected chi connectivity index (χ1v) is 18.8. The minimum absolute atomic E-state index is 0.0920. The number of aromatic nitrogens is 2. The number of rotatable bonds is 9. The molecule has 1 aliphatic carbocycles. The molecule has 14 nitrogen and oxygen atoms in total. The lowest BCUT2D eigenvalue weighted by Gasteiger charge is -2.59. The fourth-order valence-electron chi connectivity index (χ4n) is 8.72. The molecule has 0 bridgehead atoms. The summed E-state index contributed by atoms with van der Waals surface area (Å²) in [4.78, 5) is 64.9. The second-order valence-electron chi connectivity index (χ2n) is 15.4. The molecule has 3 saturated heterocycles. The van der Waals surface area contributed by atoms with Crippen LogP contribution in [0.1, 0.15) is 70.4 Å². The number of fused-ring (bicyclic) bond motifs is 1. The van der Waals surface area contributed by atoms with Crippen molar-refractivity contribution in [2.75, 3.05) is 42.1 Å². The molecular formula is C41H41N9O5. The Morgan fingerprint density at radius 2 is 1.58 bits per heavy atom. The molecule has 1 unspecified atom stereocenters. The fourth-order valence-corrected chi connectivity index (χ4v) is 8.72. The van der Waals surface area contributed by atoms with Gasteiger partial charge in [0.25, 0.3) is 11.8 Å². The summed E-state index contributed by atoms with van der Waals surface area (Å²) in [6, 6.07) is 21.9. The van der Waals surface area contributed by atoms with Crippen molar-refractivity contribution in [3.63, 3.8) is 0 Å². The van der Waals surface area contributed by atoms with E-state index in [2.05, 4.69) is 30.4 Å². The summed E-state index contributed by atoms with van der Waals surface area (Å²) in [7, 11) is 0. The van der Waals surface area contributed by atoms with Crippen LogP contribution in [-0.4, -0.2) is 93.4 Å². The van der Waals surface area contributed by atoms with Gasteiger partial charge in [-0.05, 0) is 92.1 Å². The average Bonchev–Trinajstić information content (AvgIpc) is 3.39. The molecule has 1 atom stereocenters. The summed E-state index contributed by atoms with van der Waals surface area (Å²) in [6.07, 6.45) is 5.84. The molecule has 3 aromatic carbocycles. The normalized spacial score (nSPS) is 21.2. The number of nitrogens with one attached hydrogen (secondary N) is 3. The van der Waals surface area contributed by atoms with Crippen LogP contribution in [0.5, 0.6) is 11.5 Å². The maximum atomic E-state index is 13.3. The van der Waals surface area contributed by atoms with Gasteiger partial charge >= 0.3 is 0 Å². The Balaban J connectivity index is 0.768. The number of carbonyl (C=O) groups excluding carboxylic acids is 4. The summed E-state index contributed by atoms with van der Waals surface area (Å²) in [6.45, 7) is 3.78. The third kappa shape index (κ3) is 6.35. The molecule has 0 radical (unpaired) electrons. The van der Waals surface area contributed by atoms with Gasteiger partial charge in [0.05, 0.1) is 22.4 Å². The van der Waals surface area contributed by atoms with Crippen molar-refractivity contribution in [1.29, 1.82) is 5.41 Å². The standard InChI is InChI=1S/C41H41N9O5/c42-35(24-6-9-29(10-7-24)55-28-4-2-1-3-5-28)34-36(43)44-23-45-37(34)46-25-14-16-41(17-15-25)21-49(22-41)27-19-48(20-27)26-8-11-30-31(18-26)40(54)50(39(30)53)32-12-13-33(51)47-38(32)52/h1-11,18,23,25,27,32,42H,12-17,19-22H2,(H,47,51,52)(H3,43,44,45,46). The topological polar surface area (TPSA) is 187 Å². The first-order valence-electron chi connectivity index (χ1n) is 18.8. The average molecular weight is 740 g/mol. The van der Waals surface area contributed by atoms with Gasteiger partial charge in [-0.2, -0.15) is 0 Å². The predicted octanol–water partition coefficient (Wildman–Crippen LogP) is 4.21. The number of nitrogen functional groups attached to an aromatic ring is 1. The molecule has 4 fully saturated rings. The van der Waals surface area contributed by atoms with Crippen LogP contribution >= 0.6 is 0 Å². The van der Waals surface area contributed by atoms with Gasteiger partial charge in [-0.25, -0.2) is 9.97 Å². The number of hydrogen-bond donors (Lipinski definition) is 4. The van der Waals surface area contributed by atoms with Crippen LogP contribution in [-0.2, 0) is 9.59 Å². The number of piperidine rings is 1. The summed E-state index contributed by atoms with van der Waals surface area (Å²) < 4.78 is 5.92. The molecule has 9 rings (SSSR count). The zero-order valence-corrected chi connectivity index (χ0v) is 30.2. The highest BCUT2D eigenvalue weighted by Crippen LogP contribution is 2.46. The third-order valence-electron chi connectivity index (χ3n) is 11.9. The highest BCUT2D eigenvalue weighted by molar-refractivity contribution is 6.23. The van der Waals surface area contributed by atoms with Crippen LogP contribution in [0.4, 0.5) is 17.3 Å². The third-order valence-corrected chi connectivity index (χ3v) is 11.9. The van der Waals surface area contributed by atoms with E-state index in [9.17, 15) is 19.2 Å². The van der Waals surface area contributed by atoms with E-state index in [4.69, 9.17) is 15.9 Å². The molecule has 1 saturated carbocycles. The van der Waals surface area contributed by atoms with Crippen LogP contribution in [0.3, 0.4) is 0 Å². The van der Waals surface area contributed by atoms with E-state index in [-0.39, 0.29) is 30.4 Å². The van der Waals surface area contributed by atoms with E-state index in [1.54, 1.807) is 12.1 Å². The van der Waals surface area contributed by atoms with Gasteiger partial charge in [0.1, 0.15) is 35.5 Å². The van der Waals surface area contributed by atoms with E-state index in [1.807, 2.05) is 60.7 Å². The Morgan fingerprint density at radius 1 is 0.873 bits per heavy atom. The Hall–Kier alpha value is -6.15. The molecule has 5 heterocycles. The number of imide groups is 2. The number of ether oxygens (including phenoxy) is 1. The Labute approximate surface area is 317 Å². The van der Waals surface area contributed by atoms with Gasteiger partial charge in [-0.3, -0.25) is 39.7 Å². The minimum Gasteiger partial charge on any atom is -0.457 e. The molecule has 4 aliphatic heterocycles. The number of nitrogens with two attached hydrogens (primary N) is 1. The summed E-state index contributed by atoms with van der Waals surface area (Å²) in [5, 5.41) is 14.9. The van der Waals surface area contributed by atoms with Crippen LogP contribution < -0.4 is 26.0 Å². The van der Waals surface area contributed by atoms with Crippen molar-refractivity contribution < 1.29 is 23.9 Å². The maximum Gasteiger partial charge on any atom is 0.262 e. The Bertz CT molecular complexity index is 2210. The SMILES string of the molecule is N=C(c1ccc(Oc2ccccc2)cc1)c1c(N)ncnc1NC1CCC2(CC1)CN(C1CN(c3ccc4c(c3)C(=O)N(C3CCC(=O)NC3=O)C4=O)C1)C2. The van der Waals surface area contributed by atoms with Crippen LogP contribution in [0.25, 0.3) is 0 Å². The molecule has 14 heteroatoms. The van der Waals surface area contributed by atoms with Gasteiger partial charge in [0.15, 0.2) is 0 Å². The van der Waals surface area contributed by atoms with E-state index < -0.39 is 29.7 Å². The summed E-state index contributed by atoms with van der Waals surface area (Å²) in [5.74, 6) is 0.283. The molecule has 1 spiro atoms. The number of likely N-dealkylation sites (tertiary alicyclic amines) is 1. The van der Waals surface area contributed by atoms with E-state index in [1.165, 1.54) is 6.33 Å². The van der Waals surface area contributed by atoms with E-state index in [0.29, 0.717) is 45.3 Å². The second kappa shape index (κ2) is 13.6. The van der Waals surface area contributed by atoms with Crippen molar-refractivity contribution in [3.8, 4) is 11.5 Å². The van der Waals surface area contributed by atoms with Gasteiger partial charge in [-0.15, -0.1) is 0 Å². The lowest BCUT2D eigenvalue weighted by Crippen LogP contribution is -2.69. The van der Waals surface area contributed by atoms with Crippen LogP contribution in [0, 0.1) is 10.8 Å². The molecule has 4 amide bonds. The molecule has 55 heavy (non-hydrogen) atoms. The van der Waals surface area contributed by atoms with Crippen LogP contribution in [0.2, 0.25) is 0 Å². The molecule has 5 aliphatic rings. The smallest absolute Gasteiger partial charge is 0.262 e. The van der Waals surface area contributed by atoms with Gasteiger partial charge in [0.2, 0.25) is 11.8 Å². The number of benzene rings is 3. The minimum atomic E-state index is -0.972. The highest BCUT2D eigenvalue weighted by atomic mass is 16.5. The largest absolute Gasteiger partial charge is 0.457 e. The van der Waals surface area contributed by atoms with Crippen molar-refractivity contribution in [2.45, 2.75) is 56.7 Å². The van der Waals surface area contributed by atoms with Gasteiger partial charge in [0, 0.05) is 55.9 Å². The quantitative estimate of drug-likeness (QED) is 0.142. The van der Waals surface area contributed by atoms with Crippen molar-refractivity contribution in [1.82, 2.24) is 25.1 Å². The summed E-state index contributed by atoms with van der Waals surface area (Å²) in [5.41, 5.74) is 9.55. The van der Waals surface area contributed by atoms with Crippen molar-refractivity contribution in [3.05, 3.63) is 101 Å². The first-order chi connectivity index (χ1) is 26.6. The zero-order chi connectivity index (χ0) is 37.8.